The number of fused-ring (bicyclic) bond motifs is 3. The summed E-state index contributed by atoms with van der Waals surface area (Å²) in [4.78, 5) is 14.5. The number of anilines is 1. The molecule has 0 aromatic heterocycles. The van der Waals surface area contributed by atoms with Crippen molar-refractivity contribution in [2.75, 3.05) is 30.5 Å². The van der Waals surface area contributed by atoms with Gasteiger partial charge in [-0.05, 0) is 43.3 Å². The van der Waals surface area contributed by atoms with Gasteiger partial charge in [0.05, 0.1) is 31.9 Å². The lowest BCUT2D eigenvalue weighted by Gasteiger charge is -2.47. The fraction of sp³-hybridized carbons (Fsp3) is 0.409. The van der Waals surface area contributed by atoms with Crippen LogP contribution in [0.4, 0.5) is 5.69 Å². The minimum absolute atomic E-state index is 0.203. The van der Waals surface area contributed by atoms with Crippen LogP contribution in [-0.4, -0.2) is 45.1 Å². The maximum absolute atomic E-state index is 13.9. The first-order valence-corrected chi connectivity index (χ1v) is 11.8. The van der Waals surface area contributed by atoms with Gasteiger partial charge < -0.3 is 4.90 Å². The Morgan fingerprint density at radius 2 is 1.55 bits per heavy atom. The molecule has 3 fully saturated rings. The van der Waals surface area contributed by atoms with E-state index in [0.717, 1.165) is 25.2 Å². The lowest BCUT2D eigenvalue weighted by molar-refractivity contribution is -0.914. The Hall–Kier alpha value is -1.89. The minimum Gasteiger partial charge on any atom is -0.335 e. The maximum Gasteiger partial charge on any atom is 0.242 e. The van der Waals surface area contributed by atoms with E-state index in [4.69, 9.17) is 11.6 Å². The number of piperidine rings is 3. The van der Waals surface area contributed by atoms with Crippen molar-refractivity contribution in [3.05, 3.63) is 64.7 Å². The molecule has 3 saturated heterocycles. The van der Waals surface area contributed by atoms with Gasteiger partial charge in [0.25, 0.3) is 0 Å². The molecule has 0 saturated carbocycles. The normalized spacial score (nSPS) is 23.7. The molecule has 3 heterocycles. The molecular formula is C22H26ClN2O3S+. The SMILES string of the molecule is Cc1ccc(N(CC(=O)c2ccc(Cl)cc2)S(=O)(=O)C23CC[NH+](CC2)CC3)cc1. The average molecular weight is 434 g/mol. The number of quaternary nitrogens is 1. The van der Waals surface area contributed by atoms with E-state index in [1.807, 2.05) is 19.1 Å². The van der Waals surface area contributed by atoms with Crippen LogP contribution < -0.4 is 9.21 Å². The van der Waals surface area contributed by atoms with Crippen molar-refractivity contribution in [2.24, 2.45) is 0 Å². The summed E-state index contributed by atoms with van der Waals surface area (Å²) in [5.41, 5.74) is 2.05. The molecule has 3 aliphatic heterocycles. The van der Waals surface area contributed by atoms with Crippen LogP contribution in [0.5, 0.6) is 0 Å². The topological polar surface area (TPSA) is 58.9 Å². The van der Waals surface area contributed by atoms with Crippen LogP contribution in [0, 0.1) is 6.92 Å². The molecule has 5 rings (SSSR count). The first-order chi connectivity index (χ1) is 13.8. The van der Waals surface area contributed by atoms with Gasteiger partial charge in [-0.15, -0.1) is 0 Å². The number of Topliss-reactive ketones (excluding diaryl/α,β-unsaturated/α-hetero) is 1. The molecule has 154 valence electrons. The van der Waals surface area contributed by atoms with Gasteiger partial charge >= 0.3 is 0 Å². The van der Waals surface area contributed by atoms with Crippen LogP contribution in [0.2, 0.25) is 5.02 Å². The van der Waals surface area contributed by atoms with Crippen LogP contribution in [0.3, 0.4) is 0 Å². The Kier molecular flexibility index (Phi) is 5.44. The number of ketones is 1. The summed E-state index contributed by atoms with van der Waals surface area (Å²) in [6.45, 7) is 4.40. The number of nitrogens with zero attached hydrogens (tertiary/aromatic N) is 1. The number of nitrogens with one attached hydrogen (secondary N) is 1. The van der Waals surface area contributed by atoms with E-state index >= 15 is 0 Å². The molecule has 3 aliphatic rings. The molecule has 2 aromatic carbocycles. The van der Waals surface area contributed by atoms with E-state index in [0.29, 0.717) is 35.5 Å². The largest absolute Gasteiger partial charge is 0.335 e. The average Bonchev–Trinajstić information content (AvgIpc) is 2.74. The van der Waals surface area contributed by atoms with Crippen molar-refractivity contribution in [3.63, 3.8) is 0 Å². The van der Waals surface area contributed by atoms with Gasteiger partial charge in [0.1, 0.15) is 4.75 Å². The first-order valence-electron chi connectivity index (χ1n) is 10.0. The van der Waals surface area contributed by atoms with Gasteiger partial charge in [0.2, 0.25) is 10.0 Å². The minimum atomic E-state index is -3.70. The van der Waals surface area contributed by atoms with Crippen molar-refractivity contribution in [2.45, 2.75) is 30.9 Å². The molecule has 2 aromatic rings. The van der Waals surface area contributed by atoms with Gasteiger partial charge in [0, 0.05) is 29.8 Å². The van der Waals surface area contributed by atoms with Crippen LogP contribution in [0.1, 0.15) is 35.2 Å². The highest BCUT2D eigenvalue weighted by Crippen LogP contribution is 2.37. The lowest BCUT2D eigenvalue weighted by atomic mass is 9.87. The Morgan fingerprint density at radius 3 is 2.10 bits per heavy atom. The fourth-order valence-electron chi connectivity index (χ4n) is 4.47. The molecule has 5 nitrogen and oxygen atoms in total. The van der Waals surface area contributed by atoms with Gasteiger partial charge in [-0.3, -0.25) is 9.10 Å². The number of sulfonamides is 1. The maximum atomic E-state index is 13.9. The number of hydrogen-bond acceptors (Lipinski definition) is 3. The van der Waals surface area contributed by atoms with Gasteiger partial charge in [0.15, 0.2) is 5.78 Å². The van der Waals surface area contributed by atoms with E-state index in [1.54, 1.807) is 36.4 Å². The molecule has 29 heavy (non-hydrogen) atoms. The molecule has 0 unspecified atom stereocenters. The summed E-state index contributed by atoms with van der Waals surface area (Å²) in [5.74, 6) is -0.235. The lowest BCUT2D eigenvalue weighted by Crippen LogP contribution is -3.16. The van der Waals surface area contributed by atoms with Crippen molar-refractivity contribution in [1.29, 1.82) is 0 Å². The number of hydrogen-bond donors (Lipinski definition) is 1. The third-order valence-electron chi connectivity index (χ3n) is 6.42. The van der Waals surface area contributed by atoms with Crippen LogP contribution in [0.25, 0.3) is 0 Å². The summed E-state index contributed by atoms with van der Waals surface area (Å²) in [5, 5.41) is 0.542. The third kappa shape index (κ3) is 3.81. The Bertz CT molecular complexity index is 982. The highest BCUT2D eigenvalue weighted by atomic mass is 35.5. The standard InChI is InChI=1S/C22H25ClN2O3S/c1-17-2-8-20(9-3-17)25(16-21(26)18-4-6-19(23)7-5-18)29(27,28)22-10-13-24(14-11-22)15-12-22/h2-9H,10-16H2,1H3/p+1. The highest BCUT2D eigenvalue weighted by Gasteiger charge is 2.54. The van der Waals surface area contributed by atoms with E-state index < -0.39 is 14.8 Å². The van der Waals surface area contributed by atoms with Crippen molar-refractivity contribution < 1.29 is 18.1 Å². The smallest absolute Gasteiger partial charge is 0.242 e. The Labute approximate surface area is 177 Å². The second kappa shape index (κ2) is 7.74. The predicted octanol–water partition coefficient (Wildman–Crippen LogP) is 2.49. The van der Waals surface area contributed by atoms with Gasteiger partial charge in [-0.2, -0.15) is 0 Å². The molecule has 0 amide bonds. The molecule has 1 N–H and O–H groups in total. The van der Waals surface area contributed by atoms with Crippen LogP contribution >= 0.6 is 11.6 Å². The summed E-state index contributed by atoms with van der Waals surface area (Å²) in [7, 11) is -3.70. The highest BCUT2D eigenvalue weighted by molar-refractivity contribution is 7.94. The summed E-state index contributed by atoms with van der Waals surface area (Å²) < 4.78 is 28.4. The van der Waals surface area contributed by atoms with Crippen LogP contribution in [-0.2, 0) is 10.0 Å². The zero-order valence-electron chi connectivity index (χ0n) is 16.5. The third-order valence-corrected chi connectivity index (χ3v) is 9.29. The second-order valence-electron chi connectivity index (χ2n) is 8.21. The van der Waals surface area contributed by atoms with E-state index in [-0.39, 0.29) is 12.3 Å². The van der Waals surface area contributed by atoms with Crippen molar-refractivity contribution in [3.8, 4) is 0 Å². The first kappa shape index (κ1) is 20.4. The van der Waals surface area contributed by atoms with Gasteiger partial charge in [-0.1, -0.05) is 29.3 Å². The van der Waals surface area contributed by atoms with Crippen molar-refractivity contribution in [1.82, 2.24) is 0 Å². The number of carbonyl (C=O) groups excluding carboxylic acids is 1. The molecule has 0 atom stereocenters. The number of aryl methyl sites for hydroxylation is 1. The molecule has 0 spiro atoms. The van der Waals surface area contributed by atoms with Gasteiger partial charge in [-0.25, -0.2) is 8.42 Å². The number of rotatable bonds is 6. The summed E-state index contributed by atoms with van der Waals surface area (Å²) in [6.07, 6.45) is 1.96. The molecule has 0 radical (unpaired) electrons. The summed E-state index contributed by atoms with van der Waals surface area (Å²) in [6, 6.07) is 13.9. The zero-order chi connectivity index (χ0) is 20.6. The summed E-state index contributed by atoms with van der Waals surface area (Å²) >= 11 is 5.93. The fourth-order valence-corrected chi connectivity index (χ4v) is 6.83. The molecule has 7 heteroatoms. The van der Waals surface area contributed by atoms with E-state index in [1.165, 1.54) is 9.21 Å². The quantitative estimate of drug-likeness (QED) is 0.712. The molecule has 2 bridgehead atoms. The predicted molar refractivity (Wildman–Crippen MR) is 115 cm³/mol. The van der Waals surface area contributed by atoms with Crippen molar-refractivity contribution >= 4 is 33.1 Å². The number of carbonyl (C=O) groups is 1. The second-order valence-corrected chi connectivity index (χ2v) is 10.9. The zero-order valence-corrected chi connectivity index (χ0v) is 18.1. The molecule has 0 aliphatic carbocycles. The molecular weight excluding hydrogens is 408 g/mol. The monoisotopic (exact) mass is 433 g/mol. The Morgan fingerprint density at radius 1 is 1.00 bits per heavy atom. The van der Waals surface area contributed by atoms with Crippen LogP contribution in [0.15, 0.2) is 48.5 Å². The Balaban J connectivity index is 1.71. The van der Waals surface area contributed by atoms with E-state index in [9.17, 15) is 13.2 Å². The number of benzene rings is 2. The van der Waals surface area contributed by atoms with E-state index in [2.05, 4.69) is 0 Å². The number of halogens is 1.